The molecule has 0 unspecified atom stereocenters. The molecular weight excluding hydrogens is 198 g/mol. The lowest BCUT2D eigenvalue weighted by Gasteiger charge is -2.19. The van der Waals surface area contributed by atoms with Crippen LogP contribution in [0.25, 0.3) is 0 Å². The summed E-state index contributed by atoms with van der Waals surface area (Å²) in [6.07, 6.45) is 0.740. The molecule has 0 aromatic carbocycles. The van der Waals surface area contributed by atoms with Crippen molar-refractivity contribution in [2.45, 2.75) is 39.7 Å². The number of amides is 1. The Morgan fingerprint density at radius 1 is 1.40 bits per heavy atom. The highest BCUT2D eigenvalue weighted by atomic mass is 16.5. The Morgan fingerprint density at radius 2 is 2.00 bits per heavy atom. The normalized spacial score (nSPS) is 14.1. The van der Waals surface area contributed by atoms with Crippen molar-refractivity contribution in [3.8, 4) is 0 Å². The molecule has 5 heteroatoms. The highest BCUT2D eigenvalue weighted by Gasteiger charge is 2.25. The van der Waals surface area contributed by atoms with Crippen LogP contribution in [0.15, 0.2) is 0 Å². The van der Waals surface area contributed by atoms with E-state index in [1.54, 1.807) is 6.92 Å². The lowest BCUT2D eigenvalue weighted by Crippen LogP contribution is -2.45. The van der Waals surface area contributed by atoms with Crippen molar-refractivity contribution in [3.63, 3.8) is 0 Å². The van der Waals surface area contributed by atoms with E-state index in [1.807, 2.05) is 13.8 Å². The summed E-state index contributed by atoms with van der Waals surface area (Å²) in [4.78, 5) is 22.0. The second kappa shape index (κ2) is 7.09. The van der Waals surface area contributed by atoms with Crippen LogP contribution in [0.2, 0.25) is 0 Å². The number of rotatable bonds is 6. The van der Waals surface area contributed by atoms with Crippen LogP contribution in [0.4, 0.5) is 4.79 Å². The highest BCUT2D eigenvalue weighted by molar-refractivity contribution is 5.80. The van der Waals surface area contributed by atoms with Crippen molar-refractivity contribution in [2.75, 3.05) is 6.61 Å². The third kappa shape index (κ3) is 5.24. The van der Waals surface area contributed by atoms with Crippen molar-refractivity contribution < 1.29 is 19.4 Å². The summed E-state index contributed by atoms with van der Waals surface area (Å²) in [5.74, 6) is -1.14. The predicted molar refractivity (Wildman–Crippen MR) is 55.7 cm³/mol. The minimum Gasteiger partial charge on any atom is -0.480 e. The molecule has 0 aromatic heterocycles. The predicted octanol–water partition coefficient (Wildman–Crippen LogP) is 1.62. The maximum atomic E-state index is 11.1. The van der Waals surface area contributed by atoms with Crippen LogP contribution in [-0.4, -0.2) is 29.8 Å². The van der Waals surface area contributed by atoms with E-state index >= 15 is 0 Å². The van der Waals surface area contributed by atoms with E-state index in [0.717, 1.165) is 0 Å². The number of carboxylic acid groups (broad SMARTS) is 1. The number of alkyl carbamates (subject to hydrolysis) is 1. The van der Waals surface area contributed by atoms with Crippen LogP contribution in [0, 0.1) is 5.92 Å². The number of ether oxygens (including phenoxy) is 1. The molecule has 88 valence electrons. The molecule has 0 fully saturated rings. The van der Waals surface area contributed by atoms with Gasteiger partial charge in [0.05, 0.1) is 6.61 Å². The third-order valence-corrected chi connectivity index (χ3v) is 2.19. The van der Waals surface area contributed by atoms with Crippen molar-refractivity contribution in [3.05, 3.63) is 0 Å². The Kier molecular flexibility index (Phi) is 6.49. The Morgan fingerprint density at radius 3 is 2.40 bits per heavy atom. The van der Waals surface area contributed by atoms with Crippen LogP contribution in [0.1, 0.15) is 33.6 Å². The number of carbonyl (C=O) groups is 2. The Hall–Kier alpha value is -1.26. The molecule has 0 aromatic rings. The van der Waals surface area contributed by atoms with Crippen LogP contribution < -0.4 is 5.32 Å². The first kappa shape index (κ1) is 13.7. The first-order valence-corrected chi connectivity index (χ1v) is 5.19. The molecule has 2 N–H and O–H groups in total. The van der Waals surface area contributed by atoms with Gasteiger partial charge in [0.25, 0.3) is 0 Å². The van der Waals surface area contributed by atoms with E-state index in [2.05, 4.69) is 5.32 Å². The molecule has 0 aliphatic heterocycles. The summed E-state index contributed by atoms with van der Waals surface area (Å²) in [6.45, 7) is 5.83. The maximum Gasteiger partial charge on any atom is 0.407 e. The summed E-state index contributed by atoms with van der Waals surface area (Å²) in [6, 6.07) is -0.876. The van der Waals surface area contributed by atoms with Crippen LogP contribution in [-0.2, 0) is 9.53 Å². The lowest BCUT2D eigenvalue weighted by molar-refractivity contribution is -0.140. The average molecular weight is 217 g/mol. The van der Waals surface area contributed by atoms with E-state index in [9.17, 15) is 9.59 Å². The van der Waals surface area contributed by atoms with E-state index in [4.69, 9.17) is 9.84 Å². The molecule has 0 aliphatic rings. The molecule has 5 nitrogen and oxygen atoms in total. The second-order valence-corrected chi connectivity index (χ2v) is 3.48. The van der Waals surface area contributed by atoms with E-state index in [1.165, 1.54) is 0 Å². The Labute approximate surface area is 89.8 Å². The number of carbonyl (C=O) groups excluding carboxylic acids is 1. The summed E-state index contributed by atoms with van der Waals surface area (Å²) in [7, 11) is 0. The van der Waals surface area contributed by atoms with Crippen LogP contribution in [0.5, 0.6) is 0 Å². The van der Waals surface area contributed by atoms with Gasteiger partial charge in [0, 0.05) is 0 Å². The number of nitrogens with one attached hydrogen (secondary N) is 1. The van der Waals surface area contributed by atoms with Gasteiger partial charge in [-0.15, -0.1) is 0 Å². The fourth-order valence-corrected chi connectivity index (χ4v) is 1.05. The average Bonchev–Trinajstić information content (AvgIpc) is 2.21. The zero-order valence-electron chi connectivity index (χ0n) is 9.45. The van der Waals surface area contributed by atoms with Gasteiger partial charge in [0.2, 0.25) is 0 Å². The van der Waals surface area contributed by atoms with Crippen molar-refractivity contribution in [2.24, 2.45) is 5.92 Å². The van der Waals surface area contributed by atoms with Crippen LogP contribution in [0.3, 0.4) is 0 Å². The first-order chi connectivity index (χ1) is 7.02. The van der Waals surface area contributed by atoms with Gasteiger partial charge in [0.15, 0.2) is 0 Å². The molecule has 1 amide bonds. The molecular formula is C10H19NO4. The number of hydrogen-bond donors (Lipinski definition) is 2. The van der Waals surface area contributed by atoms with Gasteiger partial charge in [-0.05, 0) is 12.3 Å². The quantitative estimate of drug-likeness (QED) is 0.709. The summed E-state index contributed by atoms with van der Waals surface area (Å²) in [5, 5.41) is 11.2. The first-order valence-electron chi connectivity index (χ1n) is 5.19. The molecule has 0 aliphatic carbocycles. The van der Waals surface area contributed by atoms with Crippen molar-refractivity contribution in [1.29, 1.82) is 0 Å². The number of carboxylic acids is 1. The van der Waals surface area contributed by atoms with Gasteiger partial charge in [-0.2, -0.15) is 0 Å². The SMILES string of the molecule is CCCOC(=O)N[C@H](C(=O)O)[C@@H](C)CC. The minimum absolute atomic E-state index is 0.114. The molecule has 0 bridgehead atoms. The van der Waals surface area contributed by atoms with Gasteiger partial charge in [-0.25, -0.2) is 9.59 Å². The summed E-state index contributed by atoms with van der Waals surface area (Å²) < 4.78 is 4.75. The summed E-state index contributed by atoms with van der Waals surface area (Å²) >= 11 is 0. The van der Waals surface area contributed by atoms with Gasteiger partial charge in [-0.3, -0.25) is 0 Å². The fraction of sp³-hybridized carbons (Fsp3) is 0.800. The van der Waals surface area contributed by atoms with E-state index in [-0.39, 0.29) is 5.92 Å². The molecule has 0 heterocycles. The van der Waals surface area contributed by atoms with Crippen LogP contribution >= 0.6 is 0 Å². The highest BCUT2D eigenvalue weighted by Crippen LogP contribution is 2.07. The number of hydrogen-bond acceptors (Lipinski definition) is 3. The monoisotopic (exact) mass is 217 g/mol. The Balaban J connectivity index is 4.16. The lowest BCUT2D eigenvalue weighted by atomic mass is 10.00. The molecule has 15 heavy (non-hydrogen) atoms. The topological polar surface area (TPSA) is 75.6 Å². The van der Waals surface area contributed by atoms with Crippen molar-refractivity contribution >= 4 is 12.1 Å². The molecule has 0 radical (unpaired) electrons. The standard InChI is InChI=1S/C10H19NO4/c1-4-6-15-10(14)11-8(9(12)13)7(3)5-2/h7-8H,4-6H2,1-3H3,(H,11,14)(H,12,13)/t7-,8-/m0/s1. The molecule has 0 saturated carbocycles. The third-order valence-electron chi connectivity index (χ3n) is 2.19. The van der Waals surface area contributed by atoms with Gasteiger partial charge in [-0.1, -0.05) is 27.2 Å². The Bertz CT molecular complexity index is 217. The van der Waals surface area contributed by atoms with Crippen molar-refractivity contribution in [1.82, 2.24) is 5.32 Å². The fourth-order valence-electron chi connectivity index (χ4n) is 1.05. The molecule has 0 rings (SSSR count). The largest absolute Gasteiger partial charge is 0.480 e. The summed E-state index contributed by atoms with van der Waals surface area (Å²) in [5.41, 5.74) is 0. The number of aliphatic carboxylic acids is 1. The van der Waals surface area contributed by atoms with Gasteiger partial charge >= 0.3 is 12.1 Å². The van der Waals surface area contributed by atoms with Gasteiger partial charge < -0.3 is 15.2 Å². The second-order valence-electron chi connectivity index (χ2n) is 3.48. The zero-order chi connectivity index (χ0) is 11.8. The maximum absolute atomic E-state index is 11.1. The zero-order valence-corrected chi connectivity index (χ0v) is 9.45. The minimum atomic E-state index is -1.03. The van der Waals surface area contributed by atoms with E-state index < -0.39 is 18.1 Å². The molecule has 2 atom stereocenters. The smallest absolute Gasteiger partial charge is 0.407 e. The molecule has 0 spiro atoms. The molecule has 0 saturated heterocycles. The van der Waals surface area contributed by atoms with Gasteiger partial charge in [0.1, 0.15) is 6.04 Å². The van der Waals surface area contributed by atoms with E-state index in [0.29, 0.717) is 19.4 Å².